The number of carbonyl (C=O) groups excluding carboxylic acids is 1. The van der Waals surface area contributed by atoms with Crippen molar-refractivity contribution in [1.82, 2.24) is 20.6 Å². The number of hydrogen-bond donors (Lipinski definition) is 2. The van der Waals surface area contributed by atoms with E-state index in [4.69, 9.17) is 23.2 Å². The van der Waals surface area contributed by atoms with Gasteiger partial charge < -0.3 is 10.6 Å². The van der Waals surface area contributed by atoms with Crippen molar-refractivity contribution in [2.45, 2.75) is 12.8 Å². The lowest BCUT2D eigenvalue weighted by Crippen LogP contribution is -2.37. The van der Waals surface area contributed by atoms with Crippen molar-refractivity contribution in [3.05, 3.63) is 58.1 Å². The molecule has 0 bridgehead atoms. The second-order valence-electron chi connectivity index (χ2n) is 4.59. The SMILES string of the molecule is O=C(NCCc1ccccn1)NCCc1c(Cl)cncc1Cl. The van der Waals surface area contributed by atoms with Crippen molar-refractivity contribution >= 4 is 29.2 Å². The van der Waals surface area contributed by atoms with Crippen molar-refractivity contribution in [2.24, 2.45) is 0 Å². The summed E-state index contributed by atoms with van der Waals surface area (Å²) in [7, 11) is 0. The van der Waals surface area contributed by atoms with E-state index in [0.29, 0.717) is 36.0 Å². The van der Waals surface area contributed by atoms with Gasteiger partial charge in [-0.2, -0.15) is 0 Å². The number of carbonyl (C=O) groups is 1. The molecule has 2 rings (SSSR count). The molecule has 0 saturated heterocycles. The van der Waals surface area contributed by atoms with Crippen LogP contribution >= 0.6 is 23.2 Å². The molecule has 0 fully saturated rings. The van der Waals surface area contributed by atoms with E-state index < -0.39 is 0 Å². The maximum Gasteiger partial charge on any atom is 0.314 e. The van der Waals surface area contributed by atoms with Crippen molar-refractivity contribution in [1.29, 1.82) is 0 Å². The van der Waals surface area contributed by atoms with Crippen LogP contribution in [0.1, 0.15) is 11.3 Å². The maximum absolute atomic E-state index is 11.7. The van der Waals surface area contributed by atoms with Gasteiger partial charge in [-0.15, -0.1) is 0 Å². The van der Waals surface area contributed by atoms with Crippen molar-refractivity contribution in [2.75, 3.05) is 13.1 Å². The van der Waals surface area contributed by atoms with Crippen molar-refractivity contribution in [3.8, 4) is 0 Å². The second-order valence-corrected chi connectivity index (χ2v) is 5.40. The van der Waals surface area contributed by atoms with E-state index in [1.165, 1.54) is 12.4 Å². The average Bonchev–Trinajstić information content (AvgIpc) is 2.51. The molecule has 2 amide bonds. The normalized spacial score (nSPS) is 10.3. The quantitative estimate of drug-likeness (QED) is 0.850. The molecule has 2 heterocycles. The highest BCUT2D eigenvalue weighted by Crippen LogP contribution is 2.22. The van der Waals surface area contributed by atoms with Crippen LogP contribution in [0, 0.1) is 0 Å². The highest BCUT2D eigenvalue weighted by atomic mass is 35.5. The third kappa shape index (κ3) is 5.16. The smallest absolute Gasteiger partial charge is 0.314 e. The van der Waals surface area contributed by atoms with Crippen molar-refractivity contribution in [3.63, 3.8) is 0 Å². The van der Waals surface area contributed by atoms with Gasteiger partial charge in [-0.3, -0.25) is 9.97 Å². The van der Waals surface area contributed by atoms with Gasteiger partial charge in [0.2, 0.25) is 0 Å². The Labute approximate surface area is 139 Å². The van der Waals surface area contributed by atoms with Gasteiger partial charge in [-0.05, 0) is 24.1 Å². The number of aromatic nitrogens is 2. The monoisotopic (exact) mass is 338 g/mol. The zero-order chi connectivity index (χ0) is 15.8. The van der Waals surface area contributed by atoms with E-state index in [1.54, 1.807) is 6.20 Å². The van der Waals surface area contributed by atoms with E-state index in [2.05, 4.69) is 20.6 Å². The third-order valence-electron chi connectivity index (χ3n) is 3.01. The first-order valence-electron chi connectivity index (χ1n) is 6.86. The summed E-state index contributed by atoms with van der Waals surface area (Å²) < 4.78 is 0. The van der Waals surface area contributed by atoms with Crippen LogP contribution in [0.3, 0.4) is 0 Å². The molecule has 0 spiro atoms. The molecule has 0 aliphatic rings. The summed E-state index contributed by atoms with van der Waals surface area (Å²) in [5.41, 5.74) is 1.73. The first kappa shape index (κ1) is 16.5. The fourth-order valence-corrected chi connectivity index (χ4v) is 2.44. The standard InChI is InChI=1S/C15H16Cl2N4O/c16-13-9-18-10-14(17)12(13)5-8-21-15(22)20-7-4-11-3-1-2-6-19-11/h1-3,6,9-10H,4-5,7-8H2,(H2,20,21,22). The molecule has 0 saturated carbocycles. The summed E-state index contributed by atoms with van der Waals surface area (Å²) in [6.45, 7) is 0.971. The Bertz CT molecular complexity index is 602. The van der Waals surface area contributed by atoms with Crippen LogP contribution in [0.5, 0.6) is 0 Å². The first-order valence-corrected chi connectivity index (χ1v) is 7.62. The highest BCUT2D eigenvalue weighted by Gasteiger charge is 2.07. The lowest BCUT2D eigenvalue weighted by atomic mass is 10.2. The number of halogens is 2. The molecule has 7 heteroatoms. The molecule has 5 nitrogen and oxygen atoms in total. The zero-order valence-electron chi connectivity index (χ0n) is 11.9. The van der Waals surface area contributed by atoms with Crippen LogP contribution in [0.15, 0.2) is 36.8 Å². The Morgan fingerprint density at radius 2 is 1.73 bits per heavy atom. The van der Waals surface area contributed by atoms with E-state index in [-0.39, 0.29) is 6.03 Å². The minimum Gasteiger partial charge on any atom is -0.338 e. The zero-order valence-corrected chi connectivity index (χ0v) is 13.4. The molecular formula is C15H16Cl2N4O. The molecule has 2 N–H and O–H groups in total. The van der Waals surface area contributed by atoms with E-state index in [0.717, 1.165) is 11.3 Å². The molecule has 22 heavy (non-hydrogen) atoms. The van der Waals surface area contributed by atoms with Crippen LogP contribution in [0.4, 0.5) is 4.79 Å². The summed E-state index contributed by atoms with van der Waals surface area (Å²) in [5.74, 6) is 0. The fourth-order valence-electron chi connectivity index (χ4n) is 1.89. The molecule has 0 aliphatic carbocycles. The van der Waals surface area contributed by atoms with Crippen molar-refractivity contribution < 1.29 is 4.79 Å². The Hall–Kier alpha value is -1.85. The number of pyridine rings is 2. The number of urea groups is 1. The number of rotatable bonds is 6. The third-order valence-corrected chi connectivity index (χ3v) is 3.66. The van der Waals surface area contributed by atoms with Gasteiger partial charge in [0.05, 0.1) is 10.0 Å². The van der Waals surface area contributed by atoms with Crippen LogP contribution in [0.25, 0.3) is 0 Å². The predicted octanol–water partition coefficient (Wildman–Crippen LogP) is 2.87. The summed E-state index contributed by atoms with van der Waals surface area (Å²) in [4.78, 5) is 19.7. The largest absolute Gasteiger partial charge is 0.338 e. The fraction of sp³-hybridized carbons (Fsp3) is 0.267. The molecule has 2 aromatic heterocycles. The lowest BCUT2D eigenvalue weighted by molar-refractivity contribution is 0.241. The molecule has 0 radical (unpaired) electrons. The average molecular weight is 339 g/mol. The van der Waals surface area contributed by atoms with Gasteiger partial charge in [0.1, 0.15) is 0 Å². The summed E-state index contributed by atoms with van der Waals surface area (Å²) in [6.07, 6.45) is 6.05. The molecule has 0 aliphatic heterocycles. The minimum atomic E-state index is -0.225. The molecule has 0 atom stereocenters. The van der Waals surface area contributed by atoms with E-state index in [9.17, 15) is 4.79 Å². The molecular weight excluding hydrogens is 323 g/mol. The van der Waals surface area contributed by atoms with E-state index >= 15 is 0 Å². The van der Waals surface area contributed by atoms with Crippen LogP contribution in [-0.2, 0) is 12.8 Å². The van der Waals surface area contributed by atoms with Gasteiger partial charge in [-0.1, -0.05) is 29.3 Å². The van der Waals surface area contributed by atoms with Gasteiger partial charge in [0.25, 0.3) is 0 Å². The van der Waals surface area contributed by atoms with E-state index in [1.807, 2.05) is 18.2 Å². The summed E-state index contributed by atoms with van der Waals surface area (Å²) in [5, 5.41) is 6.55. The number of hydrogen-bond acceptors (Lipinski definition) is 3. The first-order chi connectivity index (χ1) is 10.7. The van der Waals surface area contributed by atoms with Crippen LogP contribution in [-0.4, -0.2) is 29.1 Å². The Morgan fingerprint density at radius 1 is 1.05 bits per heavy atom. The summed E-state index contributed by atoms with van der Waals surface area (Å²) >= 11 is 12.0. The molecule has 116 valence electrons. The maximum atomic E-state index is 11.7. The Morgan fingerprint density at radius 3 is 2.36 bits per heavy atom. The highest BCUT2D eigenvalue weighted by molar-refractivity contribution is 6.35. The summed E-state index contributed by atoms with van der Waals surface area (Å²) in [6, 6.07) is 5.48. The van der Waals surface area contributed by atoms with Gasteiger partial charge in [0.15, 0.2) is 0 Å². The topological polar surface area (TPSA) is 66.9 Å². The minimum absolute atomic E-state index is 0.225. The van der Waals surface area contributed by atoms with Gasteiger partial charge in [0, 0.05) is 43.8 Å². The molecule has 0 unspecified atom stereocenters. The van der Waals surface area contributed by atoms with Gasteiger partial charge in [-0.25, -0.2) is 4.79 Å². The predicted molar refractivity (Wildman–Crippen MR) is 87.3 cm³/mol. The Balaban J connectivity index is 1.68. The second kappa shape index (κ2) is 8.56. The van der Waals surface area contributed by atoms with Crippen LogP contribution < -0.4 is 10.6 Å². The van der Waals surface area contributed by atoms with Crippen LogP contribution in [0.2, 0.25) is 10.0 Å². The number of amides is 2. The Kier molecular flexibility index (Phi) is 6.43. The number of nitrogens with zero attached hydrogens (tertiary/aromatic N) is 2. The molecule has 2 aromatic rings. The lowest BCUT2D eigenvalue weighted by Gasteiger charge is -2.09. The number of nitrogens with one attached hydrogen (secondary N) is 2. The van der Waals surface area contributed by atoms with Gasteiger partial charge >= 0.3 is 6.03 Å². The molecule has 0 aromatic carbocycles.